The summed E-state index contributed by atoms with van der Waals surface area (Å²) >= 11 is 0. The first-order valence-electron chi connectivity index (χ1n) is 10.7. The summed E-state index contributed by atoms with van der Waals surface area (Å²) in [5.74, 6) is 2.61. The highest BCUT2D eigenvalue weighted by Gasteiger charge is 2.40. The van der Waals surface area contributed by atoms with E-state index in [2.05, 4.69) is 52.4 Å². The second kappa shape index (κ2) is 10.1. The van der Waals surface area contributed by atoms with E-state index in [9.17, 15) is 0 Å². The molecule has 3 fully saturated rings. The van der Waals surface area contributed by atoms with E-state index in [0.717, 1.165) is 25.0 Å². The minimum atomic E-state index is 0. The lowest BCUT2D eigenvalue weighted by Crippen LogP contribution is -2.42. The van der Waals surface area contributed by atoms with Crippen molar-refractivity contribution in [2.45, 2.75) is 51.0 Å². The van der Waals surface area contributed by atoms with Gasteiger partial charge in [-0.25, -0.2) is 0 Å². The van der Waals surface area contributed by atoms with Gasteiger partial charge in [0.25, 0.3) is 0 Å². The lowest BCUT2D eigenvalue weighted by molar-refractivity contribution is 0.198. The number of rotatable bonds is 5. The number of nitrogens with zero attached hydrogens (tertiary/aromatic N) is 3. The highest BCUT2D eigenvalue weighted by atomic mass is 127. The van der Waals surface area contributed by atoms with Crippen LogP contribution in [0.3, 0.4) is 0 Å². The number of nitrogens with one attached hydrogen (secondary N) is 1. The minimum Gasteiger partial charge on any atom is -0.353 e. The molecule has 27 heavy (non-hydrogen) atoms. The standard InChI is InChI=1S/C22H34N4.HI/c1-2-23-22(24-21-15-20(21)19-9-5-3-6-10-19)26-14-11-18(17-26)16-25-12-7-4-8-13-25;/h3,5-6,9-10,18,20-21H,2,4,7-8,11-17H2,1H3,(H,23,24);1H. The highest BCUT2D eigenvalue weighted by Crippen LogP contribution is 2.40. The van der Waals surface area contributed by atoms with Crippen molar-refractivity contribution in [1.82, 2.24) is 15.1 Å². The Morgan fingerprint density at radius 1 is 1.11 bits per heavy atom. The zero-order chi connectivity index (χ0) is 17.8. The van der Waals surface area contributed by atoms with Crippen LogP contribution in [0.15, 0.2) is 35.3 Å². The maximum absolute atomic E-state index is 4.81. The molecule has 0 aromatic heterocycles. The van der Waals surface area contributed by atoms with Crippen molar-refractivity contribution in [3.63, 3.8) is 0 Å². The predicted molar refractivity (Wildman–Crippen MR) is 124 cm³/mol. The molecule has 4 nitrogen and oxygen atoms in total. The number of halogens is 1. The van der Waals surface area contributed by atoms with Crippen molar-refractivity contribution < 1.29 is 0 Å². The molecule has 2 saturated heterocycles. The van der Waals surface area contributed by atoms with Gasteiger partial charge >= 0.3 is 0 Å². The number of hydrogen-bond donors (Lipinski definition) is 1. The Balaban J connectivity index is 0.00000210. The van der Waals surface area contributed by atoms with Crippen molar-refractivity contribution in [3.05, 3.63) is 35.9 Å². The van der Waals surface area contributed by atoms with Gasteiger partial charge < -0.3 is 15.1 Å². The molecule has 3 unspecified atom stereocenters. The Kier molecular flexibility index (Phi) is 7.82. The van der Waals surface area contributed by atoms with Crippen LogP contribution >= 0.6 is 24.0 Å². The quantitative estimate of drug-likeness (QED) is 0.392. The van der Waals surface area contributed by atoms with Gasteiger partial charge in [0.2, 0.25) is 0 Å². The molecule has 0 bridgehead atoms. The zero-order valence-electron chi connectivity index (χ0n) is 16.6. The summed E-state index contributed by atoms with van der Waals surface area (Å²) in [6.45, 7) is 9.24. The molecule has 1 saturated carbocycles. The third-order valence-electron chi connectivity index (χ3n) is 6.19. The Bertz CT molecular complexity index is 600. The summed E-state index contributed by atoms with van der Waals surface area (Å²) in [7, 11) is 0. The molecule has 0 radical (unpaired) electrons. The molecule has 0 amide bonds. The van der Waals surface area contributed by atoms with E-state index in [0.29, 0.717) is 12.0 Å². The first-order valence-corrected chi connectivity index (χ1v) is 10.7. The molecule has 1 aliphatic carbocycles. The molecule has 1 aromatic rings. The first-order chi connectivity index (χ1) is 12.8. The van der Waals surface area contributed by atoms with Crippen LogP contribution in [0, 0.1) is 5.92 Å². The lowest BCUT2D eigenvalue weighted by Gasteiger charge is -2.29. The second-order valence-corrected chi connectivity index (χ2v) is 8.26. The van der Waals surface area contributed by atoms with Crippen molar-refractivity contribution in [1.29, 1.82) is 0 Å². The SMILES string of the molecule is CCN=C(NC1CC1c1ccccc1)N1CCC(CN2CCCCC2)C1.I. The number of benzene rings is 1. The first kappa shape index (κ1) is 20.9. The van der Waals surface area contributed by atoms with E-state index in [1.165, 1.54) is 63.8 Å². The predicted octanol–water partition coefficient (Wildman–Crippen LogP) is 3.93. The molecule has 4 rings (SSSR count). The molecule has 5 heteroatoms. The summed E-state index contributed by atoms with van der Waals surface area (Å²) in [5.41, 5.74) is 1.46. The molecule has 0 spiro atoms. The molecular formula is C22H35IN4. The van der Waals surface area contributed by atoms with Gasteiger partial charge in [-0.05, 0) is 57.2 Å². The zero-order valence-corrected chi connectivity index (χ0v) is 19.0. The van der Waals surface area contributed by atoms with Crippen LogP contribution in [0.4, 0.5) is 0 Å². The van der Waals surface area contributed by atoms with Gasteiger partial charge in [0.1, 0.15) is 0 Å². The maximum atomic E-state index is 4.81. The average Bonchev–Trinajstić information content (AvgIpc) is 3.30. The molecule has 1 N–H and O–H groups in total. The number of guanidine groups is 1. The van der Waals surface area contributed by atoms with Gasteiger partial charge in [0.05, 0.1) is 0 Å². The molecule has 2 heterocycles. The number of aliphatic imine (C=N–C) groups is 1. The van der Waals surface area contributed by atoms with Gasteiger partial charge in [0.15, 0.2) is 5.96 Å². The molecule has 3 aliphatic rings. The minimum absolute atomic E-state index is 0. The number of piperidine rings is 1. The third kappa shape index (κ3) is 5.59. The molecule has 1 aromatic carbocycles. The maximum Gasteiger partial charge on any atom is 0.194 e. The Hall–Kier alpha value is -0.820. The van der Waals surface area contributed by atoms with Gasteiger partial charge in [0, 0.05) is 38.1 Å². The molecule has 150 valence electrons. The fraction of sp³-hybridized carbons (Fsp3) is 0.682. The van der Waals surface area contributed by atoms with Crippen LogP contribution < -0.4 is 5.32 Å². The van der Waals surface area contributed by atoms with Crippen LogP contribution in [0.5, 0.6) is 0 Å². The summed E-state index contributed by atoms with van der Waals surface area (Å²) in [6, 6.07) is 11.5. The summed E-state index contributed by atoms with van der Waals surface area (Å²) in [6.07, 6.45) is 6.76. The van der Waals surface area contributed by atoms with Gasteiger partial charge in [-0.15, -0.1) is 24.0 Å². The largest absolute Gasteiger partial charge is 0.353 e. The van der Waals surface area contributed by atoms with Crippen LogP contribution in [-0.4, -0.2) is 61.1 Å². The highest BCUT2D eigenvalue weighted by molar-refractivity contribution is 14.0. The fourth-order valence-corrected chi connectivity index (χ4v) is 4.66. The second-order valence-electron chi connectivity index (χ2n) is 8.26. The van der Waals surface area contributed by atoms with Crippen LogP contribution in [0.1, 0.15) is 50.5 Å². The van der Waals surface area contributed by atoms with E-state index in [1.807, 2.05) is 0 Å². The number of hydrogen-bond acceptors (Lipinski definition) is 2. The topological polar surface area (TPSA) is 30.9 Å². The van der Waals surface area contributed by atoms with Crippen LogP contribution in [0.2, 0.25) is 0 Å². The van der Waals surface area contributed by atoms with Crippen molar-refractivity contribution in [3.8, 4) is 0 Å². The van der Waals surface area contributed by atoms with Crippen molar-refractivity contribution in [2.75, 3.05) is 39.3 Å². The van der Waals surface area contributed by atoms with E-state index < -0.39 is 0 Å². The normalized spacial score (nSPS) is 28.7. The van der Waals surface area contributed by atoms with Gasteiger partial charge in [-0.1, -0.05) is 36.8 Å². The Morgan fingerprint density at radius 3 is 2.63 bits per heavy atom. The van der Waals surface area contributed by atoms with Crippen LogP contribution in [-0.2, 0) is 0 Å². The van der Waals surface area contributed by atoms with Gasteiger partial charge in [-0.2, -0.15) is 0 Å². The third-order valence-corrected chi connectivity index (χ3v) is 6.19. The average molecular weight is 482 g/mol. The van der Waals surface area contributed by atoms with E-state index in [-0.39, 0.29) is 24.0 Å². The smallest absolute Gasteiger partial charge is 0.194 e. The monoisotopic (exact) mass is 482 g/mol. The fourth-order valence-electron chi connectivity index (χ4n) is 4.66. The summed E-state index contributed by atoms with van der Waals surface area (Å²) < 4.78 is 0. The molecule has 2 aliphatic heterocycles. The van der Waals surface area contributed by atoms with Crippen molar-refractivity contribution >= 4 is 29.9 Å². The lowest BCUT2D eigenvalue weighted by atomic mass is 10.1. The Labute approximate surface area is 181 Å². The van der Waals surface area contributed by atoms with Gasteiger partial charge in [-0.3, -0.25) is 4.99 Å². The van der Waals surface area contributed by atoms with E-state index >= 15 is 0 Å². The summed E-state index contributed by atoms with van der Waals surface area (Å²) in [4.78, 5) is 10.0. The molecular weight excluding hydrogens is 447 g/mol. The Morgan fingerprint density at radius 2 is 1.89 bits per heavy atom. The van der Waals surface area contributed by atoms with E-state index in [1.54, 1.807) is 0 Å². The summed E-state index contributed by atoms with van der Waals surface area (Å²) in [5, 5.41) is 3.77. The van der Waals surface area contributed by atoms with Crippen molar-refractivity contribution in [2.24, 2.45) is 10.9 Å². The van der Waals surface area contributed by atoms with Crippen LogP contribution in [0.25, 0.3) is 0 Å². The molecule has 3 atom stereocenters. The number of likely N-dealkylation sites (tertiary alicyclic amines) is 2. The van der Waals surface area contributed by atoms with E-state index in [4.69, 9.17) is 4.99 Å².